The van der Waals surface area contributed by atoms with Gasteiger partial charge >= 0.3 is 0 Å². The highest BCUT2D eigenvalue weighted by Crippen LogP contribution is 2.28. The van der Waals surface area contributed by atoms with Crippen LogP contribution in [0.5, 0.6) is 5.75 Å². The Balaban J connectivity index is 1.70. The molecule has 1 atom stereocenters. The minimum absolute atomic E-state index is 0.130. The summed E-state index contributed by atoms with van der Waals surface area (Å²) in [5.74, 6) is 0.0919. The van der Waals surface area contributed by atoms with Gasteiger partial charge in [0.05, 0.1) is 12.7 Å². The molecule has 172 valence electrons. The van der Waals surface area contributed by atoms with Crippen LogP contribution in [0.2, 0.25) is 5.02 Å². The minimum Gasteiger partial charge on any atom is -0.496 e. The zero-order valence-electron chi connectivity index (χ0n) is 19.1. The highest BCUT2D eigenvalue weighted by molar-refractivity contribution is 6.31. The molecule has 3 rings (SSSR count). The molecule has 7 heteroatoms. The Morgan fingerprint density at radius 1 is 1.16 bits per heavy atom. The third-order valence-corrected chi connectivity index (χ3v) is 6.30. The van der Waals surface area contributed by atoms with Crippen molar-refractivity contribution in [1.82, 2.24) is 15.1 Å². The molecule has 2 aromatic rings. The van der Waals surface area contributed by atoms with Crippen molar-refractivity contribution >= 4 is 23.4 Å². The maximum atomic E-state index is 13.2. The number of nitrogens with zero attached hydrogens (tertiary/aromatic N) is 2. The van der Waals surface area contributed by atoms with Gasteiger partial charge in [-0.1, -0.05) is 49.7 Å². The molecule has 1 saturated heterocycles. The number of ether oxygens (including phenoxy) is 1. The number of hydrogen-bond acceptors (Lipinski definition) is 4. The first kappa shape index (κ1) is 24.1. The average Bonchev–Trinajstić information content (AvgIpc) is 3.31. The Hall–Kier alpha value is -2.57. The molecule has 1 aliphatic rings. The number of benzene rings is 2. The summed E-state index contributed by atoms with van der Waals surface area (Å²) in [6.07, 6.45) is 1.42. The normalized spacial score (nSPS) is 15.8. The lowest BCUT2D eigenvalue weighted by atomic mass is 10.1. The van der Waals surface area contributed by atoms with E-state index < -0.39 is 6.04 Å². The van der Waals surface area contributed by atoms with Crippen LogP contribution in [0.4, 0.5) is 0 Å². The molecule has 2 amide bonds. The van der Waals surface area contributed by atoms with Gasteiger partial charge < -0.3 is 15.0 Å². The summed E-state index contributed by atoms with van der Waals surface area (Å²) in [6.45, 7) is 8.07. The van der Waals surface area contributed by atoms with Crippen molar-refractivity contribution in [2.75, 3.05) is 26.7 Å². The molecule has 2 aromatic carbocycles. The van der Waals surface area contributed by atoms with E-state index in [2.05, 4.69) is 30.1 Å². The van der Waals surface area contributed by atoms with Crippen molar-refractivity contribution in [3.63, 3.8) is 0 Å². The monoisotopic (exact) mass is 457 g/mol. The number of nitrogens with one attached hydrogen (secondary N) is 1. The highest BCUT2D eigenvalue weighted by Gasteiger charge is 2.35. The molecule has 0 radical (unpaired) electrons. The van der Waals surface area contributed by atoms with Gasteiger partial charge in [0.25, 0.3) is 5.91 Å². The predicted octanol–water partition coefficient (Wildman–Crippen LogP) is 4.11. The number of likely N-dealkylation sites (tertiary alicyclic amines) is 1. The van der Waals surface area contributed by atoms with Gasteiger partial charge in [-0.3, -0.25) is 14.5 Å². The second kappa shape index (κ2) is 11.3. The molecule has 1 fully saturated rings. The fraction of sp³-hybridized carbons (Fsp3) is 0.440. The van der Waals surface area contributed by atoms with Gasteiger partial charge in [-0.15, -0.1) is 0 Å². The Morgan fingerprint density at radius 2 is 1.88 bits per heavy atom. The summed E-state index contributed by atoms with van der Waals surface area (Å²) in [6, 6.07) is 12.6. The number of rotatable bonds is 9. The molecule has 0 bridgehead atoms. The first-order chi connectivity index (χ1) is 15.5. The summed E-state index contributed by atoms with van der Waals surface area (Å²) in [5.41, 5.74) is 2.68. The first-order valence-electron chi connectivity index (χ1n) is 11.2. The van der Waals surface area contributed by atoms with Crippen LogP contribution in [-0.4, -0.2) is 54.4 Å². The molecule has 0 unspecified atom stereocenters. The van der Waals surface area contributed by atoms with Gasteiger partial charge in [-0.2, -0.15) is 0 Å². The van der Waals surface area contributed by atoms with E-state index >= 15 is 0 Å². The lowest BCUT2D eigenvalue weighted by Gasteiger charge is -2.25. The minimum atomic E-state index is -0.499. The standard InChI is InChI=1S/C25H32ClN3O3/c1-4-28(5-2)17-19-10-7-6-9-18(19)16-27-24(30)22-11-8-14-29(22)25(31)21-15-20(26)12-13-23(21)32-3/h6-7,9-10,12-13,15,22H,4-5,8,11,14,16-17H2,1-3H3,(H,27,30)/t22-/m1/s1. The molecule has 6 nitrogen and oxygen atoms in total. The molecule has 32 heavy (non-hydrogen) atoms. The van der Waals surface area contributed by atoms with Crippen molar-refractivity contribution in [2.45, 2.75) is 45.8 Å². The molecule has 0 spiro atoms. The summed E-state index contributed by atoms with van der Waals surface area (Å²) in [7, 11) is 1.52. The van der Waals surface area contributed by atoms with Crippen LogP contribution in [0, 0.1) is 0 Å². The molecule has 0 aromatic heterocycles. The zero-order chi connectivity index (χ0) is 23.1. The maximum Gasteiger partial charge on any atom is 0.258 e. The maximum absolute atomic E-state index is 13.2. The lowest BCUT2D eigenvalue weighted by molar-refractivity contribution is -0.125. The molecule has 1 N–H and O–H groups in total. The summed E-state index contributed by atoms with van der Waals surface area (Å²) >= 11 is 6.10. The molecular weight excluding hydrogens is 426 g/mol. The number of hydrogen-bond donors (Lipinski definition) is 1. The molecule has 0 saturated carbocycles. The van der Waals surface area contributed by atoms with Crippen LogP contribution in [0.15, 0.2) is 42.5 Å². The first-order valence-corrected chi connectivity index (χ1v) is 11.6. The van der Waals surface area contributed by atoms with Gasteiger partial charge in [-0.05, 0) is 55.3 Å². The number of amides is 2. The lowest BCUT2D eigenvalue weighted by Crippen LogP contribution is -2.45. The predicted molar refractivity (Wildman–Crippen MR) is 127 cm³/mol. The van der Waals surface area contributed by atoms with Gasteiger partial charge in [0.15, 0.2) is 0 Å². The van der Waals surface area contributed by atoms with Crippen molar-refractivity contribution in [3.8, 4) is 5.75 Å². The Bertz CT molecular complexity index is 946. The van der Waals surface area contributed by atoms with E-state index in [0.717, 1.165) is 31.6 Å². The Labute approximate surface area is 195 Å². The van der Waals surface area contributed by atoms with E-state index in [1.165, 1.54) is 12.7 Å². The van der Waals surface area contributed by atoms with Gasteiger partial charge in [0, 0.05) is 24.7 Å². The van der Waals surface area contributed by atoms with Gasteiger partial charge in [0.2, 0.25) is 5.91 Å². The average molecular weight is 458 g/mol. The van der Waals surface area contributed by atoms with Crippen LogP contribution in [0.1, 0.15) is 48.2 Å². The van der Waals surface area contributed by atoms with Crippen LogP contribution < -0.4 is 10.1 Å². The van der Waals surface area contributed by atoms with E-state index in [1.807, 2.05) is 18.2 Å². The Kier molecular flexibility index (Phi) is 8.53. The summed E-state index contributed by atoms with van der Waals surface area (Å²) in [4.78, 5) is 30.2. The summed E-state index contributed by atoms with van der Waals surface area (Å²) < 4.78 is 5.33. The van der Waals surface area contributed by atoms with Crippen molar-refractivity contribution < 1.29 is 14.3 Å². The Morgan fingerprint density at radius 3 is 2.56 bits per heavy atom. The fourth-order valence-electron chi connectivity index (χ4n) is 4.16. The summed E-state index contributed by atoms with van der Waals surface area (Å²) in [5, 5.41) is 3.52. The fourth-order valence-corrected chi connectivity index (χ4v) is 4.33. The van der Waals surface area contributed by atoms with Crippen LogP contribution in [-0.2, 0) is 17.9 Å². The van der Waals surface area contributed by atoms with Crippen molar-refractivity contribution in [2.24, 2.45) is 0 Å². The number of carbonyl (C=O) groups excluding carboxylic acids is 2. The van der Waals surface area contributed by atoms with E-state index in [-0.39, 0.29) is 11.8 Å². The van der Waals surface area contributed by atoms with E-state index in [4.69, 9.17) is 16.3 Å². The molecule has 1 heterocycles. The third-order valence-electron chi connectivity index (χ3n) is 6.07. The second-order valence-corrected chi connectivity index (χ2v) is 8.39. The van der Waals surface area contributed by atoms with E-state index in [9.17, 15) is 9.59 Å². The molecular formula is C25H32ClN3O3. The second-order valence-electron chi connectivity index (χ2n) is 7.95. The highest BCUT2D eigenvalue weighted by atomic mass is 35.5. The largest absolute Gasteiger partial charge is 0.496 e. The van der Waals surface area contributed by atoms with Crippen molar-refractivity contribution in [1.29, 1.82) is 0 Å². The quantitative estimate of drug-likeness (QED) is 0.615. The zero-order valence-corrected chi connectivity index (χ0v) is 19.8. The van der Waals surface area contributed by atoms with E-state index in [0.29, 0.717) is 35.8 Å². The van der Waals surface area contributed by atoms with Gasteiger partial charge in [0.1, 0.15) is 11.8 Å². The molecule has 0 aliphatic carbocycles. The number of halogens is 1. The smallest absolute Gasteiger partial charge is 0.258 e. The SMILES string of the molecule is CCN(CC)Cc1ccccc1CNC(=O)[C@H]1CCCN1C(=O)c1cc(Cl)ccc1OC. The van der Waals surface area contributed by atoms with Crippen LogP contribution in [0.25, 0.3) is 0 Å². The number of methoxy groups -OCH3 is 1. The van der Waals surface area contributed by atoms with Crippen LogP contribution >= 0.6 is 11.6 Å². The molecule has 1 aliphatic heterocycles. The number of carbonyl (C=O) groups is 2. The van der Waals surface area contributed by atoms with Crippen molar-refractivity contribution in [3.05, 3.63) is 64.2 Å². The van der Waals surface area contributed by atoms with Gasteiger partial charge in [-0.25, -0.2) is 0 Å². The third kappa shape index (κ3) is 5.61. The van der Waals surface area contributed by atoms with E-state index in [1.54, 1.807) is 23.1 Å². The van der Waals surface area contributed by atoms with Crippen LogP contribution in [0.3, 0.4) is 0 Å². The topological polar surface area (TPSA) is 61.9 Å².